The van der Waals surface area contributed by atoms with Crippen molar-refractivity contribution in [2.45, 2.75) is 0 Å². The van der Waals surface area contributed by atoms with E-state index in [4.69, 9.17) is 5.73 Å². The van der Waals surface area contributed by atoms with E-state index in [2.05, 4.69) is 0 Å². The molecule has 1 aromatic carbocycles. The number of benzene rings is 1. The average Bonchev–Trinajstić information content (AvgIpc) is 2.62. The van der Waals surface area contributed by atoms with Crippen LogP contribution in [-0.4, -0.2) is 9.67 Å². The number of aromatic nitrogens is 1. The summed E-state index contributed by atoms with van der Waals surface area (Å²) in [6.07, 6.45) is 3.84. The van der Waals surface area contributed by atoms with Gasteiger partial charge in [0.25, 0.3) is 0 Å². The summed E-state index contributed by atoms with van der Waals surface area (Å²) in [5, 5.41) is 9.21. The maximum atomic E-state index is 9.21. The summed E-state index contributed by atoms with van der Waals surface area (Å²) in [5.74, 6) is 0.121. The molecule has 0 saturated carbocycles. The number of hydrogen-bond donors (Lipinski definition) is 2. The molecule has 3 nitrogen and oxygen atoms in total. The standard InChI is InChI=1S/C10H10N2O/c11-9-7-8(3-4-10(9)13)12-5-1-2-6-12/h1-7,13H,11H2. The number of anilines is 1. The van der Waals surface area contributed by atoms with Crippen LogP contribution in [0.3, 0.4) is 0 Å². The highest BCUT2D eigenvalue weighted by Gasteiger charge is 1.98. The maximum Gasteiger partial charge on any atom is 0.138 e. The van der Waals surface area contributed by atoms with Gasteiger partial charge in [0, 0.05) is 18.1 Å². The molecule has 0 amide bonds. The molecule has 0 spiro atoms. The summed E-state index contributed by atoms with van der Waals surface area (Å²) in [4.78, 5) is 0. The molecule has 0 aliphatic rings. The molecule has 0 radical (unpaired) electrons. The van der Waals surface area contributed by atoms with E-state index in [1.165, 1.54) is 0 Å². The first kappa shape index (κ1) is 7.73. The first-order chi connectivity index (χ1) is 6.27. The second-order valence-electron chi connectivity index (χ2n) is 2.83. The van der Waals surface area contributed by atoms with E-state index in [0.717, 1.165) is 5.69 Å². The monoisotopic (exact) mass is 174 g/mol. The fourth-order valence-corrected chi connectivity index (χ4v) is 1.21. The molecule has 0 unspecified atom stereocenters. The minimum Gasteiger partial charge on any atom is -0.506 e. The highest BCUT2D eigenvalue weighted by atomic mass is 16.3. The van der Waals surface area contributed by atoms with Crippen LogP contribution in [0.25, 0.3) is 5.69 Å². The number of nitrogens with zero attached hydrogens (tertiary/aromatic N) is 1. The molecule has 0 fully saturated rings. The molecule has 0 aliphatic heterocycles. The number of nitrogen functional groups attached to an aromatic ring is 1. The molecule has 2 aromatic rings. The lowest BCUT2D eigenvalue weighted by molar-refractivity contribution is 0.478. The molecule has 2 rings (SSSR count). The molecular weight excluding hydrogens is 164 g/mol. The maximum absolute atomic E-state index is 9.21. The molecule has 0 aliphatic carbocycles. The van der Waals surface area contributed by atoms with E-state index < -0.39 is 0 Å². The van der Waals surface area contributed by atoms with Crippen molar-refractivity contribution in [2.24, 2.45) is 0 Å². The van der Waals surface area contributed by atoms with E-state index >= 15 is 0 Å². The predicted octanol–water partition coefficient (Wildman–Crippen LogP) is 1.77. The van der Waals surface area contributed by atoms with E-state index in [-0.39, 0.29) is 5.75 Å². The van der Waals surface area contributed by atoms with Crippen LogP contribution < -0.4 is 5.73 Å². The number of rotatable bonds is 1. The Bertz CT molecular complexity index is 407. The average molecular weight is 174 g/mol. The molecule has 0 saturated heterocycles. The second kappa shape index (κ2) is 2.86. The Morgan fingerprint density at radius 1 is 1.15 bits per heavy atom. The molecule has 3 N–H and O–H groups in total. The molecule has 13 heavy (non-hydrogen) atoms. The highest BCUT2D eigenvalue weighted by molar-refractivity contribution is 5.57. The number of nitrogens with two attached hydrogens (primary N) is 1. The van der Waals surface area contributed by atoms with E-state index in [1.54, 1.807) is 12.1 Å². The highest BCUT2D eigenvalue weighted by Crippen LogP contribution is 2.22. The zero-order valence-corrected chi connectivity index (χ0v) is 7.01. The van der Waals surface area contributed by atoms with Crippen LogP contribution in [0.2, 0.25) is 0 Å². The van der Waals surface area contributed by atoms with Gasteiger partial charge >= 0.3 is 0 Å². The van der Waals surface area contributed by atoms with Gasteiger partial charge in [-0.25, -0.2) is 0 Å². The van der Waals surface area contributed by atoms with Gasteiger partial charge in [-0.1, -0.05) is 0 Å². The summed E-state index contributed by atoms with van der Waals surface area (Å²) in [7, 11) is 0. The van der Waals surface area contributed by atoms with Crippen LogP contribution in [-0.2, 0) is 0 Å². The zero-order chi connectivity index (χ0) is 9.26. The van der Waals surface area contributed by atoms with Gasteiger partial charge in [-0.3, -0.25) is 0 Å². The SMILES string of the molecule is Nc1cc(-n2cccc2)ccc1O. The molecule has 1 heterocycles. The molecule has 0 bridgehead atoms. The van der Waals surface area contributed by atoms with Crippen LogP contribution in [0.5, 0.6) is 5.75 Å². The number of phenolic OH excluding ortho intramolecular Hbond substituents is 1. The van der Waals surface area contributed by atoms with E-state index in [0.29, 0.717) is 5.69 Å². The van der Waals surface area contributed by atoms with Crippen molar-refractivity contribution >= 4 is 5.69 Å². The Morgan fingerprint density at radius 2 is 1.85 bits per heavy atom. The van der Waals surface area contributed by atoms with E-state index in [9.17, 15) is 5.11 Å². The predicted molar refractivity (Wildman–Crippen MR) is 51.8 cm³/mol. The fraction of sp³-hybridized carbons (Fsp3) is 0. The molecule has 1 aromatic heterocycles. The van der Waals surface area contributed by atoms with Crippen molar-refractivity contribution in [1.82, 2.24) is 4.57 Å². The van der Waals surface area contributed by atoms with Gasteiger partial charge in [0.1, 0.15) is 5.75 Å². The first-order valence-corrected chi connectivity index (χ1v) is 3.99. The van der Waals surface area contributed by atoms with Crippen molar-refractivity contribution < 1.29 is 5.11 Å². The van der Waals surface area contributed by atoms with Crippen molar-refractivity contribution in [2.75, 3.05) is 5.73 Å². The van der Waals surface area contributed by atoms with Crippen LogP contribution in [0.1, 0.15) is 0 Å². The lowest BCUT2D eigenvalue weighted by atomic mass is 10.2. The summed E-state index contributed by atoms with van der Waals surface area (Å²) in [5.41, 5.74) is 6.90. The van der Waals surface area contributed by atoms with Crippen molar-refractivity contribution in [3.8, 4) is 11.4 Å². The van der Waals surface area contributed by atoms with Crippen molar-refractivity contribution in [3.05, 3.63) is 42.7 Å². The molecule has 66 valence electrons. The lowest BCUT2D eigenvalue weighted by Crippen LogP contribution is -1.92. The van der Waals surface area contributed by atoms with Crippen LogP contribution >= 0.6 is 0 Å². The number of aromatic hydroxyl groups is 1. The molecule has 3 heteroatoms. The van der Waals surface area contributed by atoms with Crippen LogP contribution in [0, 0.1) is 0 Å². The van der Waals surface area contributed by atoms with Gasteiger partial charge in [0.05, 0.1) is 5.69 Å². The van der Waals surface area contributed by atoms with Crippen molar-refractivity contribution in [3.63, 3.8) is 0 Å². The Balaban J connectivity index is 2.49. The summed E-state index contributed by atoms with van der Waals surface area (Å²) in [6, 6.07) is 9.00. The lowest BCUT2D eigenvalue weighted by Gasteiger charge is -2.04. The van der Waals surface area contributed by atoms with Crippen molar-refractivity contribution in [1.29, 1.82) is 0 Å². The second-order valence-corrected chi connectivity index (χ2v) is 2.83. The smallest absolute Gasteiger partial charge is 0.138 e. The Labute approximate surface area is 76.0 Å². The number of phenols is 1. The van der Waals surface area contributed by atoms with Gasteiger partial charge in [-0.05, 0) is 30.3 Å². The van der Waals surface area contributed by atoms with Gasteiger partial charge in [0.2, 0.25) is 0 Å². The topological polar surface area (TPSA) is 51.2 Å². The Kier molecular flexibility index (Phi) is 1.70. The Morgan fingerprint density at radius 3 is 2.46 bits per heavy atom. The fourth-order valence-electron chi connectivity index (χ4n) is 1.21. The van der Waals surface area contributed by atoms with Crippen LogP contribution in [0.4, 0.5) is 5.69 Å². The third kappa shape index (κ3) is 1.36. The minimum absolute atomic E-state index is 0.121. The molecular formula is C10H10N2O. The Hall–Kier alpha value is -1.90. The van der Waals surface area contributed by atoms with Gasteiger partial charge in [-0.2, -0.15) is 0 Å². The zero-order valence-electron chi connectivity index (χ0n) is 7.01. The van der Waals surface area contributed by atoms with Gasteiger partial charge < -0.3 is 15.4 Å². The number of hydrogen-bond acceptors (Lipinski definition) is 2. The first-order valence-electron chi connectivity index (χ1n) is 3.99. The summed E-state index contributed by atoms with van der Waals surface area (Å²) in [6.45, 7) is 0. The molecule has 0 atom stereocenters. The third-order valence-corrected chi connectivity index (χ3v) is 1.91. The summed E-state index contributed by atoms with van der Waals surface area (Å²) < 4.78 is 1.93. The van der Waals surface area contributed by atoms with Gasteiger partial charge in [0.15, 0.2) is 0 Å². The summed E-state index contributed by atoms with van der Waals surface area (Å²) >= 11 is 0. The van der Waals surface area contributed by atoms with Gasteiger partial charge in [-0.15, -0.1) is 0 Å². The van der Waals surface area contributed by atoms with E-state index in [1.807, 2.05) is 35.2 Å². The quantitative estimate of drug-likeness (QED) is 0.511. The minimum atomic E-state index is 0.121. The van der Waals surface area contributed by atoms with Crippen LogP contribution in [0.15, 0.2) is 42.7 Å². The third-order valence-electron chi connectivity index (χ3n) is 1.91. The normalized spacial score (nSPS) is 10.2. The largest absolute Gasteiger partial charge is 0.506 e.